The lowest BCUT2D eigenvalue weighted by Crippen LogP contribution is -2.41. The molecule has 0 bridgehead atoms. The Morgan fingerprint density at radius 3 is 2.79 bits per heavy atom. The van der Waals surface area contributed by atoms with Crippen molar-refractivity contribution in [3.8, 4) is 0 Å². The maximum Gasteiger partial charge on any atom is 0.376 e. The first kappa shape index (κ1) is 15.4. The van der Waals surface area contributed by atoms with Crippen molar-refractivity contribution in [2.75, 3.05) is 26.7 Å². The van der Waals surface area contributed by atoms with Crippen molar-refractivity contribution in [1.29, 1.82) is 0 Å². The summed E-state index contributed by atoms with van der Waals surface area (Å²) in [7, 11) is 1.65. The quantitative estimate of drug-likeness (QED) is 0.830. The molecule has 7 heteroatoms. The lowest BCUT2D eigenvalue weighted by molar-refractivity contribution is 0.163. The first-order valence-corrected chi connectivity index (χ1v) is 8.36. The van der Waals surface area contributed by atoms with Crippen LogP contribution in [0.5, 0.6) is 0 Å². The van der Waals surface area contributed by atoms with Gasteiger partial charge < -0.3 is 9.83 Å². The van der Waals surface area contributed by atoms with Gasteiger partial charge in [-0.25, -0.2) is 4.98 Å². The molecular formula is C12H21BBrN3OS. The number of rotatable bonds is 5. The normalized spacial score (nSPS) is 18.2. The first-order valence-electron chi connectivity index (χ1n) is 6.75. The Balaban J connectivity index is 1.73. The van der Waals surface area contributed by atoms with Crippen LogP contribution in [-0.4, -0.2) is 53.5 Å². The van der Waals surface area contributed by atoms with Crippen molar-refractivity contribution in [3.05, 3.63) is 15.0 Å². The van der Waals surface area contributed by atoms with E-state index in [2.05, 4.69) is 25.8 Å². The summed E-state index contributed by atoms with van der Waals surface area (Å²) in [5.41, 5.74) is 0. The monoisotopic (exact) mass is 345 g/mol. The molecule has 1 aliphatic heterocycles. The number of halogens is 1. The van der Waals surface area contributed by atoms with Gasteiger partial charge >= 0.3 is 7.05 Å². The zero-order valence-electron chi connectivity index (χ0n) is 11.5. The molecule has 2 rings (SSSR count). The number of aromatic nitrogens is 1. The van der Waals surface area contributed by atoms with Crippen LogP contribution in [0.4, 0.5) is 0 Å². The maximum absolute atomic E-state index is 9.50. The van der Waals surface area contributed by atoms with Gasteiger partial charge in [0.15, 0.2) is 0 Å². The second-order valence-corrected chi connectivity index (χ2v) is 7.84. The highest BCUT2D eigenvalue weighted by atomic mass is 79.9. The van der Waals surface area contributed by atoms with Crippen LogP contribution in [0.3, 0.4) is 0 Å². The molecule has 0 amide bonds. The summed E-state index contributed by atoms with van der Waals surface area (Å²) in [6, 6.07) is 0. The molecule has 4 nitrogen and oxygen atoms in total. The minimum atomic E-state index is -0.342. The van der Waals surface area contributed by atoms with Gasteiger partial charge in [0.1, 0.15) is 5.01 Å². The number of thiazole rings is 1. The van der Waals surface area contributed by atoms with Gasteiger partial charge in [0, 0.05) is 0 Å². The largest absolute Gasteiger partial charge is 0.437 e. The molecule has 0 atom stereocenters. The molecule has 1 aromatic heterocycles. The van der Waals surface area contributed by atoms with Crippen LogP contribution in [0, 0.1) is 5.92 Å². The average Bonchev–Trinajstić information content (AvgIpc) is 2.77. The summed E-state index contributed by atoms with van der Waals surface area (Å²) < 4.78 is 1.11. The fourth-order valence-corrected chi connectivity index (χ4v) is 3.79. The van der Waals surface area contributed by atoms with Gasteiger partial charge in [-0.2, -0.15) is 0 Å². The van der Waals surface area contributed by atoms with Crippen molar-refractivity contribution in [2.24, 2.45) is 5.92 Å². The molecule has 0 aromatic carbocycles. The van der Waals surface area contributed by atoms with E-state index in [4.69, 9.17) is 0 Å². The van der Waals surface area contributed by atoms with Crippen LogP contribution in [0.15, 0.2) is 9.98 Å². The molecule has 0 saturated carbocycles. The van der Waals surface area contributed by atoms with E-state index < -0.39 is 0 Å². The zero-order chi connectivity index (χ0) is 13.8. The van der Waals surface area contributed by atoms with Crippen LogP contribution in [0.25, 0.3) is 0 Å². The summed E-state index contributed by atoms with van der Waals surface area (Å²) in [6.45, 7) is 6.06. The van der Waals surface area contributed by atoms with Crippen LogP contribution >= 0.6 is 27.3 Å². The van der Waals surface area contributed by atoms with Gasteiger partial charge in [-0.05, 0) is 68.2 Å². The molecule has 1 fully saturated rings. The van der Waals surface area contributed by atoms with E-state index in [1.165, 1.54) is 17.8 Å². The van der Waals surface area contributed by atoms with Gasteiger partial charge in [-0.15, -0.1) is 11.3 Å². The number of hydrogen-bond acceptors (Lipinski definition) is 5. The van der Waals surface area contributed by atoms with Crippen molar-refractivity contribution in [2.45, 2.75) is 26.2 Å². The zero-order valence-corrected chi connectivity index (χ0v) is 14.0. The molecular weight excluding hydrogens is 325 g/mol. The molecule has 106 valence electrons. The van der Waals surface area contributed by atoms with E-state index in [1.54, 1.807) is 11.3 Å². The van der Waals surface area contributed by atoms with Crippen molar-refractivity contribution < 1.29 is 5.02 Å². The maximum atomic E-state index is 9.50. The molecule has 1 saturated heterocycles. The van der Waals surface area contributed by atoms with Crippen molar-refractivity contribution in [1.82, 2.24) is 14.7 Å². The summed E-state index contributed by atoms with van der Waals surface area (Å²) >= 11 is 5.17. The molecule has 1 aromatic rings. The molecule has 0 spiro atoms. The Hall–Kier alpha value is 0.0549. The highest BCUT2D eigenvalue weighted by Crippen LogP contribution is 2.23. The summed E-state index contributed by atoms with van der Waals surface area (Å²) in [4.78, 5) is 8.89. The van der Waals surface area contributed by atoms with Gasteiger partial charge in [0.2, 0.25) is 0 Å². The Labute approximate surface area is 128 Å². The lowest BCUT2D eigenvalue weighted by Gasteiger charge is -2.33. The average molecular weight is 346 g/mol. The molecule has 0 aliphatic carbocycles. The Kier molecular flexibility index (Phi) is 5.83. The van der Waals surface area contributed by atoms with Gasteiger partial charge in [0.25, 0.3) is 0 Å². The van der Waals surface area contributed by atoms with Crippen LogP contribution < -0.4 is 0 Å². The standard InChI is InChI=1S/C12H21BBrN3OS/c1-13(18)16(2)8-10-3-5-17(6-4-10)9-12-15-7-11(14)19-12/h7,10,18H,3-6,8-9H2,1-2H3. The summed E-state index contributed by atoms with van der Waals surface area (Å²) in [5.74, 6) is 0.707. The molecule has 2 heterocycles. The third-order valence-electron chi connectivity index (χ3n) is 3.78. The summed E-state index contributed by atoms with van der Waals surface area (Å²) in [6.07, 6.45) is 4.30. The van der Waals surface area contributed by atoms with Gasteiger partial charge in [-0.1, -0.05) is 0 Å². The van der Waals surface area contributed by atoms with Crippen molar-refractivity contribution in [3.63, 3.8) is 0 Å². The number of hydrogen-bond donors (Lipinski definition) is 1. The van der Waals surface area contributed by atoms with Gasteiger partial charge in [-0.3, -0.25) is 4.90 Å². The van der Waals surface area contributed by atoms with E-state index >= 15 is 0 Å². The fourth-order valence-electron chi connectivity index (χ4n) is 2.44. The Morgan fingerprint density at radius 2 is 2.26 bits per heavy atom. The van der Waals surface area contributed by atoms with Crippen LogP contribution in [0.2, 0.25) is 6.82 Å². The summed E-state index contributed by atoms with van der Waals surface area (Å²) in [5, 5.41) is 10.7. The third kappa shape index (κ3) is 4.83. The number of nitrogens with zero attached hydrogens (tertiary/aromatic N) is 3. The molecule has 1 aliphatic rings. The number of piperidine rings is 1. The predicted octanol–water partition coefficient (Wildman–Crippen LogP) is 2.16. The third-order valence-corrected chi connectivity index (χ3v) is 5.24. The minimum absolute atomic E-state index is 0.342. The highest BCUT2D eigenvalue weighted by molar-refractivity contribution is 9.11. The lowest BCUT2D eigenvalue weighted by atomic mass is 9.83. The van der Waals surface area contributed by atoms with E-state index in [9.17, 15) is 5.02 Å². The van der Waals surface area contributed by atoms with E-state index in [0.29, 0.717) is 5.92 Å². The number of likely N-dealkylation sites (tertiary alicyclic amines) is 1. The smallest absolute Gasteiger partial charge is 0.376 e. The topological polar surface area (TPSA) is 39.6 Å². The van der Waals surface area contributed by atoms with E-state index in [0.717, 1.165) is 30.0 Å². The van der Waals surface area contributed by atoms with Crippen molar-refractivity contribution >= 4 is 34.3 Å². The predicted molar refractivity (Wildman–Crippen MR) is 84.3 cm³/mol. The molecule has 19 heavy (non-hydrogen) atoms. The second-order valence-electron chi connectivity index (χ2n) is 5.35. The van der Waals surface area contributed by atoms with E-state index in [-0.39, 0.29) is 7.05 Å². The highest BCUT2D eigenvalue weighted by Gasteiger charge is 2.23. The SMILES string of the molecule is CB(O)N(C)CC1CCN(Cc2ncc(Br)s2)CC1. The molecule has 1 N–H and O–H groups in total. The Morgan fingerprint density at radius 1 is 1.58 bits per heavy atom. The fraction of sp³-hybridized carbons (Fsp3) is 0.750. The molecule has 0 radical (unpaired) electrons. The second kappa shape index (κ2) is 7.17. The first-order chi connectivity index (χ1) is 9.04. The van der Waals surface area contributed by atoms with Crippen LogP contribution in [-0.2, 0) is 6.54 Å². The van der Waals surface area contributed by atoms with E-state index in [1.807, 2.05) is 24.9 Å². The van der Waals surface area contributed by atoms with Crippen LogP contribution in [0.1, 0.15) is 17.8 Å². The molecule has 0 unspecified atom stereocenters. The minimum Gasteiger partial charge on any atom is -0.437 e. The van der Waals surface area contributed by atoms with Gasteiger partial charge in [0.05, 0.1) is 16.5 Å². The Bertz CT molecular complexity index is 396.